The van der Waals surface area contributed by atoms with Crippen LogP contribution in [0.25, 0.3) is 0 Å². The van der Waals surface area contributed by atoms with E-state index in [9.17, 15) is 22.8 Å². The summed E-state index contributed by atoms with van der Waals surface area (Å²) in [4.78, 5) is 32.7. The van der Waals surface area contributed by atoms with Gasteiger partial charge in [-0.15, -0.1) is 0 Å². The highest BCUT2D eigenvalue weighted by atomic mass is 32.2. The maximum atomic E-state index is 12.5. The predicted molar refractivity (Wildman–Crippen MR) is 74.5 cm³/mol. The van der Waals surface area contributed by atoms with Crippen molar-refractivity contribution in [3.8, 4) is 0 Å². The topological polar surface area (TPSA) is 149 Å². The zero-order valence-corrected chi connectivity index (χ0v) is 12.4. The lowest BCUT2D eigenvalue weighted by molar-refractivity contribution is -0.141. The molecule has 1 aromatic rings. The zero-order chi connectivity index (χ0) is 17.4. The largest absolute Gasteiger partial charge is 0.481 e. The molecule has 0 aromatic heterocycles. The molecule has 1 fully saturated rings. The molecule has 0 aliphatic carbocycles. The molecule has 2 rings (SSSR count). The molecule has 0 saturated carbocycles. The van der Waals surface area contributed by atoms with E-state index in [1.165, 1.54) is 0 Å². The quantitative estimate of drug-likeness (QED) is 0.672. The second-order valence-corrected chi connectivity index (χ2v) is 6.92. The number of rotatable bonds is 5. The fraction of sp³-hybridized carbons (Fsp3) is 0.308. The Hall–Kier alpha value is -2.46. The Balaban J connectivity index is 2.38. The molecule has 0 spiro atoms. The molecular weight excluding hydrogens is 330 g/mol. The van der Waals surface area contributed by atoms with Gasteiger partial charge in [-0.1, -0.05) is 0 Å². The van der Waals surface area contributed by atoms with Crippen molar-refractivity contribution in [2.45, 2.75) is 17.4 Å². The molecule has 3 N–H and O–H groups in total. The van der Waals surface area contributed by atoms with Gasteiger partial charge in [-0.25, -0.2) is 13.2 Å². The second-order valence-electron chi connectivity index (χ2n) is 5.03. The fourth-order valence-corrected chi connectivity index (χ4v) is 4.02. The van der Waals surface area contributed by atoms with Crippen LogP contribution in [-0.2, 0) is 19.6 Å². The molecule has 0 bridgehead atoms. The number of nitrogens with zero attached hydrogens (tertiary/aromatic N) is 1. The van der Waals surface area contributed by atoms with Gasteiger partial charge >= 0.3 is 17.9 Å². The van der Waals surface area contributed by atoms with Crippen LogP contribution in [-0.4, -0.2) is 58.5 Å². The molecule has 10 heteroatoms. The number of aliphatic carboxylic acids is 2. The SMILES string of the molecule is O=C(O)c1ccc(S(=O)(=O)N2CC(C(=O)O)CC2C(=O)O)cc1. The fourth-order valence-electron chi connectivity index (χ4n) is 2.38. The number of carbonyl (C=O) groups is 3. The highest BCUT2D eigenvalue weighted by molar-refractivity contribution is 7.89. The summed E-state index contributed by atoms with van der Waals surface area (Å²) in [5.74, 6) is -5.04. The molecule has 124 valence electrons. The van der Waals surface area contributed by atoms with E-state index in [0.29, 0.717) is 4.31 Å². The summed E-state index contributed by atoms with van der Waals surface area (Å²) in [5.41, 5.74) is -0.122. The van der Waals surface area contributed by atoms with Gasteiger partial charge in [-0.3, -0.25) is 9.59 Å². The van der Waals surface area contributed by atoms with Crippen LogP contribution in [0.2, 0.25) is 0 Å². The monoisotopic (exact) mass is 343 g/mol. The molecule has 1 heterocycles. The van der Waals surface area contributed by atoms with E-state index in [-0.39, 0.29) is 16.9 Å². The molecule has 9 nitrogen and oxygen atoms in total. The van der Waals surface area contributed by atoms with Crippen molar-refractivity contribution in [1.82, 2.24) is 4.31 Å². The molecular formula is C13H13NO8S. The minimum atomic E-state index is -4.25. The number of hydrogen-bond donors (Lipinski definition) is 3. The maximum Gasteiger partial charge on any atom is 0.335 e. The first-order valence-electron chi connectivity index (χ1n) is 6.45. The van der Waals surface area contributed by atoms with E-state index in [1.807, 2.05) is 0 Å². The number of aromatic carboxylic acids is 1. The lowest BCUT2D eigenvalue weighted by atomic mass is 10.1. The summed E-state index contributed by atoms with van der Waals surface area (Å²) >= 11 is 0. The zero-order valence-electron chi connectivity index (χ0n) is 11.6. The molecule has 1 aliphatic rings. The summed E-state index contributed by atoms with van der Waals surface area (Å²) in [6.07, 6.45) is -0.322. The molecule has 1 aromatic carbocycles. The van der Waals surface area contributed by atoms with Crippen LogP contribution >= 0.6 is 0 Å². The predicted octanol–water partition coefficient (Wildman–Crippen LogP) is -0.0668. The number of carboxylic acid groups (broad SMARTS) is 3. The van der Waals surface area contributed by atoms with Crippen molar-refractivity contribution in [3.63, 3.8) is 0 Å². The smallest absolute Gasteiger partial charge is 0.335 e. The van der Waals surface area contributed by atoms with Crippen molar-refractivity contribution in [2.24, 2.45) is 5.92 Å². The lowest BCUT2D eigenvalue weighted by Gasteiger charge is -2.20. The second kappa shape index (κ2) is 5.97. The third-order valence-electron chi connectivity index (χ3n) is 3.60. The summed E-state index contributed by atoms with van der Waals surface area (Å²) < 4.78 is 25.7. The Labute approximate surface area is 130 Å². The molecule has 0 radical (unpaired) electrons. The van der Waals surface area contributed by atoms with Gasteiger partial charge in [0, 0.05) is 6.54 Å². The van der Waals surface area contributed by atoms with Gasteiger partial charge in [-0.05, 0) is 30.7 Å². The highest BCUT2D eigenvalue weighted by Crippen LogP contribution is 2.30. The maximum absolute atomic E-state index is 12.5. The van der Waals surface area contributed by atoms with E-state index in [1.54, 1.807) is 0 Å². The summed E-state index contributed by atoms with van der Waals surface area (Å²) in [6.45, 7) is -0.449. The Morgan fingerprint density at radius 3 is 2.00 bits per heavy atom. The van der Waals surface area contributed by atoms with Gasteiger partial charge in [0.05, 0.1) is 16.4 Å². The third kappa shape index (κ3) is 3.17. The first-order valence-corrected chi connectivity index (χ1v) is 7.89. The van der Waals surface area contributed by atoms with Crippen molar-refractivity contribution >= 4 is 27.9 Å². The van der Waals surface area contributed by atoms with Gasteiger partial charge in [-0.2, -0.15) is 4.31 Å². The molecule has 23 heavy (non-hydrogen) atoms. The minimum absolute atomic E-state index is 0.122. The van der Waals surface area contributed by atoms with Crippen molar-refractivity contribution in [2.75, 3.05) is 6.54 Å². The van der Waals surface area contributed by atoms with Gasteiger partial charge in [0.25, 0.3) is 0 Å². The minimum Gasteiger partial charge on any atom is -0.481 e. The van der Waals surface area contributed by atoms with Gasteiger partial charge in [0.1, 0.15) is 6.04 Å². The van der Waals surface area contributed by atoms with Crippen LogP contribution in [0.3, 0.4) is 0 Å². The van der Waals surface area contributed by atoms with E-state index in [2.05, 4.69) is 0 Å². The van der Waals surface area contributed by atoms with Crippen LogP contribution in [0.4, 0.5) is 0 Å². The van der Waals surface area contributed by atoms with Crippen molar-refractivity contribution < 1.29 is 38.1 Å². The van der Waals surface area contributed by atoms with E-state index >= 15 is 0 Å². The summed E-state index contributed by atoms with van der Waals surface area (Å²) in [6, 6.07) is 2.78. The first-order chi connectivity index (χ1) is 10.6. The number of hydrogen-bond acceptors (Lipinski definition) is 5. The van der Waals surface area contributed by atoms with E-state index < -0.39 is 46.4 Å². The average Bonchev–Trinajstić information content (AvgIpc) is 2.93. The van der Waals surface area contributed by atoms with E-state index in [4.69, 9.17) is 15.3 Å². The Bertz CT molecular complexity index is 755. The number of benzene rings is 1. The van der Waals surface area contributed by atoms with Crippen molar-refractivity contribution in [3.05, 3.63) is 29.8 Å². The molecule has 0 amide bonds. The van der Waals surface area contributed by atoms with Gasteiger partial charge < -0.3 is 15.3 Å². The Morgan fingerprint density at radius 2 is 1.57 bits per heavy atom. The van der Waals surface area contributed by atoms with Gasteiger partial charge in [0.2, 0.25) is 10.0 Å². The Kier molecular flexibility index (Phi) is 4.39. The van der Waals surface area contributed by atoms with Crippen LogP contribution in [0.5, 0.6) is 0 Å². The summed E-state index contributed by atoms with van der Waals surface area (Å²) in [5, 5.41) is 26.9. The Morgan fingerprint density at radius 1 is 1.00 bits per heavy atom. The average molecular weight is 343 g/mol. The molecule has 2 unspecified atom stereocenters. The van der Waals surface area contributed by atoms with Crippen molar-refractivity contribution in [1.29, 1.82) is 0 Å². The van der Waals surface area contributed by atoms with Crippen LogP contribution in [0.15, 0.2) is 29.2 Å². The summed E-state index contributed by atoms with van der Waals surface area (Å²) in [7, 11) is -4.25. The third-order valence-corrected chi connectivity index (χ3v) is 5.49. The highest BCUT2D eigenvalue weighted by Gasteiger charge is 2.46. The van der Waals surface area contributed by atoms with E-state index in [0.717, 1.165) is 24.3 Å². The number of carboxylic acids is 3. The molecule has 2 atom stereocenters. The van der Waals surface area contributed by atoms with Crippen LogP contribution < -0.4 is 0 Å². The first kappa shape index (κ1) is 16.9. The number of sulfonamides is 1. The van der Waals surface area contributed by atoms with Crippen LogP contribution in [0, 0.1) is 5.92 Å². The molecule has 1 aliphatic heterocycles. The molecule has 1 saturated heterocycles. The lowest BCUT2D eigenvalue weighted by Crippen LogP contribution is -2.40. The van der Waals surface area contributed by atoms with Gasteiger partial charge in [0.15, 0.2) is 0 Å². The normalized spacial score (nSPS) is 21.9. The standard InChI is InChI=1S/C13H13NO8S/c15-11(16)7-1-3-9(4-2-7)23(21,22)14-6-8(12(17)18)5-10(14)13(19)20/h1-4,8,10H,5-6H2,(H,15,16)(H,17,18)(H,19,20). The van der Waals surface area contributed by atoms with Crippen LogP contribution in [0.1, 0.15) is 16.8 Å².